The molecule has 0 aliphatic carbocycles. The summed E-state index contributed by atoms with van der Waals surface area (Å²) in [7, 11) is -3.54. The molecule has 1 aromatic carbocycles. The van der Waals surface area contributed by atoms with Crippen molar-refractivity contribution in [2.75, 3.05) is 19.3 Å². The number of rotatable bonds is 4. The Morgan fingerprint density at radius 2 is 2.14 bits per heavy atom. The number of likely N-dealkylation sites (tertiary alicyclic amines) is 1. The lowest BCUT2D eigenvalue weighted by molar-refractivity contribution is -0.131. The quantitative estimate of drug-likeness (QED) is 0.640. The van der Waals surface area contributed by atoms with Gasteiger partial charge < -0.3 is 4.90 Å². The molecular weight excluding hydrogens is 397 g/mol. The van der Waals surface area contributed by atoms with Crippen molar-refractivity contribution in [1.29, 1.82) is 0 Å². The van der Waals surface area contributed by atoms with Gasteiger partial charge in [0.2, 0.25) is 5.91 Å². The van der Waals surface area contributed by atoms with Crippen molar-refractivity contribution in [1.82, 2.24) is 24.5 Å². The Hall–Kier alpha value is -2.88. The van der Waals surface area contributed by atoms with Crippen LogP contribution >= 0.6 is 0 Å². The Kier molecular flexibility index (Phi) is 5.03. The van der Waals surface area contributed by atoms with E-state index in [2.05, 4.69) is 15.1 Å². The fourth-order valence-corrected chi connectivity index (χ4v) is 4.68. The minimum absolute atomic E-state index is 0.0957. The van der Waals surface area contributed by atoms with Crippen LogP contribution in [-0.2, 0) is 21.1 Å². The lowest BCUT2D eigenvalue weighted by atomic mass is 9.94. The predicted molar refractivity (Wildman–Crippen MR) is 103 cm³/mol. The molecule has 29 heavy (non-hydrogen) atoms. The van der Waals surface area contributed by atoms with Crippen LogP contribution in [0.2, 0.25) is 0 Å². The van der Waals surface area contributed by atoms with Gasteiger partial charge in [-0.2, -0.15) is 14.6 Å². The zero-order valence-corrected chi connectivity index (χ0v) is 16.6. The van der Waals surface area contributed by atoms with Crippen molar-refractivity contribution in [2.45, 2.75) is 30.1 Å². The number of benzene rings is 1. The molecule has 10 heteroatoms. The van der Waals surface area contributed by atoms with E-state index in [9.17, 15) is 17.6 Å². The van der Waals surface area contributed by atoms with E-state index in [0.717, 1.165) is 12.7 Å². The second-order valence-corrected chi connectivity index (χ2v) is 9.22. The first-order valence-corrected chi connectivity index (χ1v) is 11.1. The molecule has 0 unspecified atom stereocenters. The first kappa shape index (κ1) is 19.4. The standard InChI is InChI=1S/C19H20FN5O3S/c1-29(27,28)16-10-21-19-22-12-23-25(19)18(16)14-5-3-7-24(11-14)17(26)9-13-4-2-6-15(20)8-13/h2,4,6,8,10,12,14H,3,5,7,9,11H2,1H3/t14-/m0/s1. The van der Waals surface area contributed by atoms with E-state index < -0.39 is 9.84 Å². The van der Waals surface area contributed by atoms with E-state index in [-0.39, 0.29) is 29.0 Å². The number of halogens is 1. The number of carbonyl (C=O) groups excluding carboxylic acids is 1. The first-order valence-electron chi connectivity index (χ1n) is 9.24. The average Bonchev–Trinajstić information content (AvgIpc) is 3.15. The molecule has 2 aromatic heterocycles. The summed E-state index contributed by atoms with van der Waals surface area (Å²) in [5, 5.41) is 4.15. The van der Waals surface area contributed by atoms with Gasteiger partial charge in [0.05, 0.1) is 18.3 Å². The largest absolute Gasteiger partial charge is 0.342 e. The molecule has 0 bridgehead atoms. The van der Waals surface area contributed by atoms with E-state index in [4.69, 9.17) is 0 Å². The Bertz CT molecular complexity index is 1180. The van der Waals surface area contributed by atoms with Crippen molar-refractivity contribution < 1.29 is 17.6 Å². The molecule has 1 saturated heterocycles. The Balaban J connectivity index is 1.63. The second-order valence-electron chi connectivity index (χ2n) is 7.24. The topological polar surface area (TPSA) is 97.5 Å². The second kappa shape index (κ2) is 7.51. The number of piperidine rings is 1. The highest BCUT2D eigenvalue weighted by molar-refractivity contribution is 7.90. The minimum Gasteiger partial charge on any atom is -0.342 e. The van der Waals surface area contributed by atoms with Crippen LogP contribution in [-0.4, -0.2) is 58.2 Å². The predicted octanol–water partition coefficient (Wildman–Crippen LogP) is 1.62. The zero-order chi connectivity index (χ0) is 20.6. The molecule has 4 rings (SSSR count). The van der Waals surface area contributed by atoms with Gasteiger partial charge in [0.15, 0.2) is 9.84 Å². The van der Waals surface area contributed by atoms with Crippen LogP contribution in [0.4, 0.5) is 4.39 Å². The van der Waals surface area contributed by atoms with Crippen molar-refractivity contribution in [3.05, 3.63) is 53.9 Å². The maximum Gasteiger partial charge on any atom is 0.252 e. The summed E-state index contributed by atoms with van der Waals surface area (Å²) in [5.74, 6) is -0.409. The maximum atomic E-state index is 13.4. The fourth-order valence-electron chi connectivity index (χ4n) is 3.80. The highest BCUT2D eigenvalue weighted by atomic mass is 32.2. The molecule has 0 spiro atoms. The third kappa shape index (κ3) is 3.98. The summed E-state index contributed by atoms with van der Waals surface area (Å²) >= 11 is 0. The number of carbonyl (C=O) groups is 1. The molecule has 8 nitrogen and oxygen atoms in total. The van der Waals surface area contributed by atoms with Gasteiger partial charge in [-0.15, -0.1) is 0 Å². The molecule has 1 atom stereocenters. The molecule has 3 aromatic rings. The van der Waals surface area contributed by atoms with Crippen LogP contribution in [0, 0.1) is 5.82 Å². The van der Waals surface area contributed by atoms with E-state index in [1.165, 1.54) is 29.2 Å². The number of nitrogens with zero attached hydrogens (tertiary/aromatic N) is 5. The van der Waals surface area contributed by atoms with Crippen molar-refractivity contribution in [2.24, 2.45) is 0 Å². The SMILES string of the molecule is CS(=O)(=O)c1cnc2ncnn2c1[C@H]1CCCN(C(=O)Cc2cccc(F)c2)C1. The number of aromatic nitrogens is 4. The summed E-state index contributed by atoms with van der Waals surface area (Å²) < 4.78 is 39.5. The molecule has 1 fully saturated rings. The number of hydrogen-bond donors (Lipinski definition) is 0. The van der Waals surface area contributed by atoms with Crippen molar-refractivity contribution in [3.8, 4) is 0 Å². The summed E-state index contributed by atoms with van der Waals surface area (Å²) in [6.07, 6.45) is 5.30. The van der Waals surface area contributed by atoms with Gasteiger partial charge in [0.1, 0.15) is 17.0 Å². The summed E-state index contributed by atoms with van der Waals surface area (Å²) in [6.45, 7) is 0.931. The lowest BCUT2D eigenvalue weighted by Crippen LogP contribution is -2.40. The van der Waals surface area contributed by atoms with Gasteiger partial charge in [0.25, 0.3) is 5.78 Å². The van der Waals surface area contributed by atoms with Crippen molar-refractivity contribution in [3.63, 3.8) is 0 Å². The highest BCUT2D eigenvalue weighted by Crippen LogP contribution is 2.31. The van der Waals surface area contributed by atoms with Crippen LogP contribution in [0.15, 0.2) is 41.7 Å². The monoisotopic (exact) mass is 417 g/mol. The lowest BCUT2D eigenvalue weighted by Gasteiger charge is -2.33. The van der Waals surface area contributed by atoms with E-state index in [1.807, 2.05) is 0 Å². The van der Waals surface area contributed by atoms with Gasteiger partial charge in [-0.25, -0.2) is 17.8 Å². The Labute approximate surface area is 167 Å². The first-order chi connectivity index (χ1) is 13.8. The van der Waals surface area contributed by atoms with Crippen molar-refractivity contribution >= 4 is 21.5 Å². The molecular formula is C19H20FN5O3S. The maximum absolute atomic E-state index is 13.4. The normalized spacial score (nSPS) is 17.6. The van der Waals surface area contributed by atoms with E-state index in [1.54, 1.807) is 17.0 Å². The Morgan fingerprint density at radius 1 is 1.31 bits per heavy atom. The molecule has 152 valence electrons. The minimum atomic E-state index is -3.54. The molecule has 0 radical (unpaired) electrons. The molecule has 1 amide bonds. The molecule has 0 N–H and O–H groups in total. The van der Waals surface area contributed by atoms with Crippen LogP contribution in [0.1, 0.15) is 30.0 Å². The average molecular weight is 417 g/mol. The van der Waals surface area contributed by atoms with E-state index >= 15 is 0 Å². The number of fused-ring (bicyclic) bond motifs is 1. The van der Waals surface area contributed by atoms with Gasteiger partial charge in [-0.05, 0) is 30.5 Å². The highest BCUT2D eigenvalue weighted by Gasteiger charge is 2.31. The third-order valence-electron chi connectivity index (χ3n) is 5.11. The molecule has 1 aliphatic rings. The van der Waals surface area contributed by atoms with Gasteiger partial charge >= 0.3 is 0 Å². The molecule has 3 heterocycles. The molecule has 1 aliphatic heterocycles. The zero-order valence-electron chi connectivity index (χ0n) is 15.8. The molecule has 0 saturated carbocycles. The van der Waals surface area contributed by atoms with Gasteiger partial charge in [-0.1, -0.05) is 12.1 Å². The fraction of sp³-hybridized carbons (Fsp3) is 0.368. The number of amides is 1. The van der Waals surface area contributed by atoms with Crippen LogP contribution in [0.25, 0.3) is 5.78 Å². The third-order valence-corrected chi connectivity index (χ3v) is 6.23. The smallest absolute Gasteiger partial charge is 0.252 e. The Morgan fingerprint density at radius 3 is 2.90 bits per heavy atom. The number of hydrogen-bond acceptors (Lipinski definition) is 6. The van der Waals surface area contributed by atoms with Crippen LogP contribution < -0.4 is 0 Å². The summed E-state index contributed by atoms with van der Waals surface area (Å²) in [4.78, 5) is 22.7. The number of sulfone groups is 1. The van der Waals surface area contributed by atoms with Crippen LogP contribution in [0.5, 0.6) is 0 Å². The summed E-state index contributed by atoms with van der Waals surface area (Å²) in [6, 6.07) is 5.98. The van der Waals surface area contributed by atoms with Gasteiger partial charge in [0, 0.05) is 25.3 Å². The van der Waals surface area contributed by atoms with Gasteiger partial charge in [-0.3, -0.25) is 4.79 Å². The van der Waals surface area contributed by atoms with E-state index in [0.29, 0.717) is 36.5 Å². The summed E-state index contributed by atoms with van der Waals surface area (Å²) in [5.41, 5.74) is 1.11. The van der Waals surface area contributed by atoms with Crippen LogP contribution in [0.3, 0.4) is 0 Å².